The van der Waals surface area contributed by atoms with E-state index in [-0.39, 0.29) is 5.60 Å². The van der Waals surface area contributed by atoms with Gasteiger partial charge < -0.3 is 14.6 Å². The molecule has 0 spiro atoms. The molecule has 0 radical (unpaired) electrons. The molecule has 1 N–H and O–H groups in total. The first-order valence-electron chi connectivity index (χ1n) is 8.85. The third kappa shape index (κ3) is 4.25. The fourth-order valence-electron chi connectivity index (χ4n) is 3.98. The Morgan fingerprint density at radius 2 is 2.00 bits per heavy atom. The number of hydrogen-bond acceptors (Lipinski definition) is 4. The van der Waals surface area contributed by atoms with Crippen molar-refractivity contribution in [2.45, 2.75) is 44.2 Å². The Morgan fingerprint density at radius 3 is 2.78 bits per heavy atom. The van der Waals surface area contributed by atoms with Gasteiger partial charge in [0.25, 0.3) is 0 Å². The molecule has 1 aromatic carbocycles. The molecule has 2 unspecified atom stereocenters. The van der Waals surface area contributed by atoms with Crippen molar-refractivity contribution in [1.82, 2.24) is 4.90 Å². The van der Waals surface area contributed by atoms with E-state index < -0.39 is 0 Å². The molecule has 0 aromatic heterocycles. The normalized spacial score (nSPS) is 28.3. The van der Waals surface area contributed by atoms with Crippen molar-refractivity contribution >= 4 is 0 Å². The molecule has 1 saturated carbocycles. The number of hydrogen-bond donors (Lipinski definition) is 1. The average molecular weight is 319 g/mol. The fourth-order valence-corrected chi connectivity index (χ4v) is 3.98. The van der Waals surface area contributed by atoms with Crippen molar-refractivity contribution in [2.24, 2.45) is 5.92 Å². The molecule has 2 aliphatic rings. The molecular formula is C19H29NO3. The Labute approximate surface area is 139 Å². The zero-order valence-electron chi connectivity index (χ0n) is 14.2. The van der Waals surface area contributed by atoms with Crippen LogP contribution in [-0.4, -0.2) is 49.0 Å². The molecule has 2 fully saturated rings. The van der Waals surface area contributed by atoms with Gasteiger partial charge in [0.05, 0.1) is 12.2 Å². The highest BCUT2D eigenvalue weighted by Crippen LogP contribution is 2.40. The van der Waals surface area contributed by atoms with Crippen LogP contribution >= 0.6 is 0 Å². The molecule has 1 aliphatic heterocycles. The lowest BCUT2D eigenvalue weighted by molar-refractivity contribution is -0.0967. The summed E-state index contributed by atoms with van der Waals surface area (Å²) in [7, 11) is 1.68. The zero-order valence-corrected chi connectivity index (χ0v) is 14.2. The van der Waals surface area contributed by atoms with Gasteiger partial charge in [-0.15, -0.1) is 0 Å². The Kier molecular flexibility index (Phi) is 5.57. The van der Waals surface area contributed by atoms with Gasteiger partial charge in [-0.25, -0.2) is 0 Å². The Balaban J connectivity index is 1.51. The van der Waals surface area contributed by atoms with Gasteiger partial charge in [-0.1, -0.05) is 25.0 Å². The lowest BCUT2D eigenvalue weighted by Crippen LogP contribution is -2.52. The molecule has 0 amide bonds. The summed E-state index contributed by atoms with van der Waals surface area (Å²) in [5.74, 6) is 1.35. The first kappa shape index (κ1) is 16.7. The number of rotatable bonds is 6. The molecule has 1 aromatic rings. The van der Waals surface area contributed by atoms with Crippen molar-refractivity contribution in [1.29, 1.82) is 0 Å². The second-order valence-corrected chi connectivity index (χ2v) is 7.02. The number of nitrogens with zero attached hydrogens (tertiary/aromatic N) is 1. The SMILES string of the molecule is COCCOc1ccc(CN2CCC3(O)CCCCC3C2)cc1. The first-order chi connectivity index (χ1) is 11.2. The van der Waals surface area contributed by atoms with Gasteiger partial charge in [-0.05, 0) is 37.0 Å². The minimum absolute atomic E-state index is 0.381. The van der Waals surface area contributed by atoms with E-state index in [1.165, 1.54) is 24.8 Å². The Hall–Kier alpha value is -1.10. The van der Waals surface area contributed by atoms with Crippen LogP contribution in [0.25, 0.3) is 0 Å². The van der Waals surface area contributed by atoms with Crippen LogP contribution in [0.1, 0.15) is 37.7 Å². The monoisotopic (exact) mass is 319 g/mol. The summed E-state index contributed by atoms with van der Waals surface area (Å²) in [6, 6.07) is 8.35. The number of piperidine rings is 1. The van der Waals surface area contributed by atoms with Crippen LogP contribution in [0.2, 0.25) is 0 Å². The van der Waals surface area contributed by atoms with E-state index in [2.05, 4.69) is 17.0 Å². The van der Waals surface area contributed by atoms with Crippen LogP contribution in [0.15, 0.2) is 24.3 Å². The third-order valence-electron chi connectivity index (χ3n) is 5.40. The highest BCUT2D eigenvalue weighted by atomic mass is 16.5. The van der Waals surface area contributed by atoms with Crippen LogP contribution in [0.3, 0.4) is 0 Å². The lowest BCUT2D eigenvalue weighted by Gasteiger charge is -2.47. The predicted molar refractivity (Wildman–Crippen MR) is 90.6 cm³/mol. The highest BCUT2D eigenvalue weighted by molar-refractivity contribution is 5.27. The van der Waals surface area contributed by atoms with Crippen LogP contribution in [0, 0.1) is 5.92 Å². The van der Waals surface area contributed by atoms with Gasteiger partial charge in [-0.2, -0.15) is 0 Å². The standard InChI is InChI=1S/C19H29NO3/c1-22-12-13-23-18-7-5-16(6-8-18)14-20-11-10-19(21)9-3-2-4-17(19)15-20/h5-8,17,21H,2-4,9-15H2,1H3. The van der Waals surface area contributed by atoms with Gasteiger partial charge in [0.2, 0.25) is 0 Å². The molecule has 2 atom stereocenters. The molecule has 1 heterocycles. The summed E-state index contributed by atoms with van der Waals surface area (Å²) in [6.45, 7) is 4.19. The summed E-state index contributed by atoms with van der Waals surface area (Å²) >= 11 is 0. The molecule has 23 heavy (non-hydrogen) atoms. The maximum absolute atomic E-state index is 10.8. The van der Waals surface area contributed by atoms with Crippen LogP contribution in [0.4, 0.5) is 0 Å². The summed E-state index contributed by atoms with van der Waals surface area (Å²) in [6.07, 6.45) is 5.57. The summed E-state index contributed by atoms with van der Waals surface area (Å²) in [5, 5.41) is 10.8. The minimum atomic E-state index is -0.381. The quantitative estimate of drug-likeness (QED) is 0.819. The van der Waals surface area contributed by atoms with Crippen molar-refractivity contribution in [3.63, 3.8) is 0 Å². The molecular weight excluding hydrogens is 290 g/mol. The van der Waals surface area contributed by atoms with E-state index in [0.717, 1.165) is 38.2 Å². The molecule has 1 aliphatic carbocycles. The van der Waals surface area contributed by atoms with Crippen molar-refractivity contribution < 1.29 is 14.6 Å². The minimum Gasteiger partial charge on any atom is -0.491 e. The molecule has 0 bridgehead atoms. The van der Waals surface area contributed by atoms with E-state index in [4.69, 9.17) is 9.47 Å². The van der Waals surface area contributed by atoms with Gasteiger partial charge in [0, 0.05) is 32.7 Å². The summed E-state index contributed by atoms with van der Waals surface area (Å²) in [5.41, 5.74) is 0.929. The number of methoxy groups -OCH3 is 1. The van der Waals surface area contributed by atoms with Crippen molar-refractivity contribution in [3.05, 3.63) is 29.8 Å². The van der Waals surface area contributed by atoms with Crippen LogP contribution in [-0.2, 0) is 11.3 Å². The molecule has 1 saturated heterocycles. The fraction of sp³-hybridized carbons (Fsp3) is 0.684. The smallest absolute Gasteiger partial charge is 0.119 e. The Bertz CT molecular complexity index is 490. The van der Waals surface area contributed by atoms with Gasteiger partial charge in [0.1, 0.15) is 12.4 Å². The van der Waals surface area contributed by atoms with E-state index in [1.54, 1.807) is 7.11 Å². The Morgan fingerprint density at radius 1 is 1.17 bits per heavy atom. The second kappa shape index (κ2) is 7.65. The van der Waals surface area contributed by atoms with Gasteiger partial charge in [0.15, 0.2) is 0 Å². The van der Waals surface area contributed by atoms with Gasteiger partial charge >= 0.3 is 0 Å². The van der Waals surface area contributed by atoms with E-state index in [9.17, 15) is 5.11 Å². The molecule has 3 rings (SSSR count). The van der Waals surface area contributed by atoms with E-state index in [1.807, 2.05) is 12.1 Å². The average Bonchev–Trinajstić information content (AvgIpc) is 2.57. The highest BCUT2D eigenvalue weighted by Gasteiger charge is 2.42. The molecule has 128 valence electrons. The lowest BCUT2D eigenvalue weighted by atomic mass is 9.71. The van der Waals surface area contributed by atoms with Crippen LogP contribution in [0.5, 0.6) is 5.75 Å². The zero-order chi connectivity index (χ0) is 16.1. The maximum Gasteiger partial charge on any atom is 0.119 e. The number of likely N-dealkylation sites (tertiary alicyclic amines) is 1. The van der Waals surface area contributed by atoms with Crippen molar-refractivity contribution in [3.8, 4) is 5.75 Å². The van der Waals surface area contributed by atoms with E-state index in [0.29, 0.717) is 19.1 Å². The van der Waals surface area contributed by atoms with Gasteiger partial charge in [-0.3, -0.25) is 4.90 Å². The number of benzene rings is 1. The van der Waals surface area contributed by atoms with E-state index >= 15 is 0 Å². The van der Waals surface area contributed by atoms with Crippen molar-refractivity contribution in [2.75, 3.05) is 33.4 Å². The number of fused-ring (bicyclic) bond motifs is 1. The summed E-state index contributed by atoms with van der Waals surface area (Å²) < 4.78 is 10.6. The maximum atomic E-state index is 10.8. The number of ether oxygens (including phenoxy) is 2. The third-order valence-corrected chi connectivity index (χ3v) is 5.40. The number of aliphatic hydroxyl groups is 1. The largest absolute Gasteiger partial charge is 0.491 e. The summed E-state index contributed by atoms with van der Waals surface area (Å²) in [4.78, 5) is 2.49. The molecule has 4 nitrogen and oxygen atoms in total. The topological polar surface area (TPSA) is 41.9 Å². The second-order valence-electron chi connectivity index (χ2n) is 7.02. The first-order valence-corrected chi connectivity index (χ1v) is 8.85. The predicted octanol–water partition coefficient (Wildman–Crippen LogP) is 2.84. The van der Waals surface area contributed by atoms with Crippen LogP contribution < -0.4 is 4.74 Å². The molecule has 4 heteroatoms.